The Kier molecular flexibility index (Phi) is 3.14. The summed E-state index contributed by atoms with van der Waals surface area (Å²) in [5.41, 5.74) is 0.154. The Balaban J connectivity index is 1.79. The number of fused-ring (bicyclic) bond motifs is 1. The predicted molar refractivity (Wildman–Crippen MR) is 69.5 cm³/mol. The van der Waals surface area contributed by atoms with Crippen LogP contribution in [0.4, 0.5) is 10.3 Å². The summed E-state index contributed by atoms with van der Waals surface area (Å²) in [5, 5.41) is 0. The summed E-state index contributed by atoms with van der Waals surface area (Å²) in [5.74, 6) is 0.729. The van der Waals surface area contributed by atoms with Crippen LogP contribution in [-0.2, 0) is 4.74 Å². The van der Waals surface area contributed by atoms with Gasteiger partial charge in [-0.05, 0) is 14.1 Å². The molecule has 3 rings (SSSR count). The van der Waals surface area contributed by atoms with Gasteiger partial charge in [-0.3, -0.25) is 0 Å². The van der Waals surface area contributed by atoms with Crippen LogP contribution in [0.1, 0.15) is 0 Å². The van der Waals surface area contributed by atoms with E-state index in [4.69, 9.17) is 4.74 Å². The lowest BCUT2D eigenvalue weighted by atomic mass is 9.81. The summed E-state index contributed by atoms with van der Waals surface area (Å²) in [6.45, 7) is 4.34. The molecule has 0 bridgehead atoms. The second-order valence-corrected chi connectivity index (χ2v) is 5.89. The Morgan fingerprint density at radius 3 is 2.89 bits per heavy atom. The molecule has 2 atom stereocenters. The monoisotopic (exact) mass is 266 g/mol. The Hall–Kier alpha value is -1.27. The van der Waals surface area contributed by atoms with Crippen LogP contribution in [0.3, 0.4) is 0 Å². The normalized spacial score (nSPS) is 30.1. The van der Waals surface area contributed by atoms with Crippen molar-refractivity contribution in [3.8, 4) is 0 Å². The van der Waals surface area contributed by atoms with Crippen molar-refractivity contribution in [3.05, 3.63) is 18.2 Å². The largest absolute Gasteiger partial charge is 0.380 e. The van der Waals surface area contributed by atoms with E-state index in [9.17, 15) is 4.39 Å². The molecule has 2 saturated heterocycles. The molecular weight excluding hydrogens is 247 g/mol. The molecular formula is C13H19FN4O. The van der Waals surface area contributed by atoms with Crippen LogP contribution < -0.4 is 4.90 Å². The molecule has 0 aromatic carbocycles. The summed E-state index contributed by atoms with van der Waals surface area (Å²) in [4.78, 5) is 12.5. The first-order chi connectivity index (χ1) is 9.09. The van der Waals surface area contributed by atoms with Crippen LogP contribution in [0.5, 0.6) is 0 Å². The molecule has 1 aromatic rings. The van der Waals surface area contributed by atoms with Crippen molar-refractivity contribution in [1.82, 2.24) is 14.9 Å². The summed E-state index contributed by atoms with van der Waals surface area (Å²) in [6, 6.07) is 0. The van der Waals surface area contributed by atoms with Gasteiger partial charge >= 0.3 is 0 Å². The van der Waals surface area contributed by atoms with Crippen LogP contribution in [0.2, 0.25) is 0 Å². The van der Waals surface area contributed by atoms with Crippen molar-refractivity contribution in [3.63, 3.8) is 0 Å². The minimum atomic E-state index is -0.394. The van der Waals surface area contributed by atoms with Gasteiger partial charge in [-0.15, -0.1) is 0 Å². The molecule has 2 fully saturated rings. The van der Waals surface area contributed by atoms with E-state index in [0.717, 1.165) is 32.8 Å². The first kappa shape index (κ1) is 12.7. The second-order valence-electron chi connectivity index (χ2n) is 5.89. The molecule has 19 heavy (non-hydrogen) atoms. The smallest absolute Gasteiger partial charge is 0.225 e. The van der Waals surface area contributed by atoms with E-state index in [0.29, 0.717) is 11.9 Å². The quantitative estimate of drug-likeness (QED) is 0.802. The van der Waals surface area contributed by atoms with Gasteiger partial charge in [-0.2, -0.15) is 0 Å². The number of halogens is 1. The molecule has 5 nitrogen and oxygen atoms in total. The van der Waals surface area contributed by atoms with Crippen LogP contribution >= 0.6 is 0 Å². The van der Waals surface area contributed by atoms with Crippen molar-refractivity contribution < 1.29 is 9.13 Å². The molecule has 0 saturated carbocycles. The fourth-order valence-corrected chi connectivity index (χ4v) is 3.31. The van der Waals surface area contributed by atoms with Crippen LogP contribution in [0, 0.1) is 17.2 Å². The van der Waals surface area contributed by atoms with Gasteiger partial charge in [-0.1, -0.05) is 0 Å². The maximum atomic E-state index is 12.9. The highest BCUT2D eigenvalue weighted by molar-refractivity contribution is 5.33. The highest BCUT2D eigenvalue weighted by atomic mass is 19.1. The fraction of sp³-hybridized carbons (Fsp3) is 0.692. The molecule has 104 valence electrons. The van der Waals surface area contributed by atoms with Crippen molar-refractivity contribution >= 4 is 5.95 Å². The molecule has 3 heterocycles. The lowest BCUT2D eigenvalue weighted by Crippen LogP contribution is -2.40. The van der Waals surface area contributed by atoms with Crippen LogP contribution in [-0.4, -0.2) is 61.8 Å². The third kappa shape index (κ3) is 2.30. The van der Waals surface area contributed by atoms with Crippen LogP contribution in [0.15, 0.2) is 12.4 Å². The maximum absolute atomic E-state index is 12.9. The average Bonchev–Trinajstić information content (AvgIpc) is 2.85. The van der Waals surface area contributed by atoms with Gasteiger partial charge in [0.1, 0.15) is 0 Å². The van der Waals surface area contributed by atoms with Gasteiger partial charge in [0.25, 0.3) is 0 Å². The molecule has 0 radical (unpaired) electrons. The average molecular weight is 266 g/mol. The van der Waals surface area contributed by atoms with Gasteiger partial charge in [0.05, 0.1) is 25.6 Å². The standard InChI is InChI=1S/C13H19FN4O/c1-17(2)7-13-8-18(5-10(13)6-19-9-13)12-15-3-11(14)4-16-12/h3-4,10H,5-9H2,1-2H3/t10-,13+/m1/s1. The zero-order valence-corrected chi connectivity index (χ0v) is 11.3. The van der Waals surface area contributed by atoms with Gasteiger partial charge in [0, 0.05) is 31.0 Å². The van der Waals surface area contributed by atoms with Crippen LogP contribution in [0.25, 0.3) is 0 Å². The molecule has 2 aliphatic rings. The zero-order chi connectivity index (χ0) is 13.5. The molecule has 0 amide bonds. The Morgan fingerprint density at radius 2 is 2.21 bits per heavy atom. The minimum absolute atomic E-state index is 0.154. The summed E-state index contributed by atoms with van der Waals surface area (Å²) >= 11 is 0. The molecule has 0 N–H and O–H groups in total. The van der Waals surface area contributed by atoms with Crippen molar-refractivity contribution in [2.24, 2.45) is 11.3 Å². The summed E-state index contributed by atoms with van der Waals surface area (Å²) in [6.07, 6.45) is 2.46. The molecule has 0 unspecified atom stereocenters. The third-order valence-corrected chi connectivity index (χ3v) is 4.04. The first-order valence-electron chi connectivity index (χ1n) is 6.54. The lowest BCUT2D eigenvalue weighted by molar-refractivity contribution is 0.135. The maximum Gasteiger partial charge on any atom is 0.225 e. The zero-order valence-electron chi connectivity index (χ0n) is 11.3. The summed E-state index contributed by atoms with van der Waals surface area (Å²) in [7, 11) is 4.17. The third-order valence-electron chi connectivity index (χ3n) is 4.04. The number of nitrogens with zero attached hydrogens (tertiary/aromatic N) is 4. The molecule has 6 heteroatoms. The van der Waals surface area contributed by atoms with E-state index in [1.165, 1.54) is 12.4 Å². The van der Waals surface area contributed by atoms with E-state index >= 15 is 0 Å². The molecule has 0 spiro atoms. The van der Waals surface area contributed by atoms with E-state index in [2.05, 4.69) is 33.9 Å². The van der Waals surface area contributed by atoms with Gasteiger partial charge in [-0.25, -0.2) is 14.4 Å². The van der Waals surface area contributed by atoms with E-state index < -0.39 is 5.82 Å². The predicted octanol–water partition coefficient (Wildman–Crippen LogP) is 0.630. The highest BCUT2D eigenvalue weighted by Crippen LogP contribution is 2.42. The first-order valence-corrected chi connectivity index (χ1v) is 6.54. The number of hydrogen-bond donors (Lipinski definition) is 0. The van der Waals surface area contributed by atoms with Crippen molar-refractivity contribution in [2.75, 3.05) is 51.8 Å². The minimum Gasteiger partial charge on any atom is -0.380 e. The second kappa shape index (κ2) is 4.68. The topological polar surface area (TPSA) is 41.5 Å². The Bertz CT molecular complexity index is 452. The number of aromatic nitrogens is 2. The van der Waals surface area contributed by atoms with Gasteiger partial charge in [0.15, 0.2) is 5.82 Å². The Labute approximate surface area is 112 Å². The van der Waals surface area contributed by atoms with E-state index in [1.54, 1.807) is 0 Å². The lowest BCUT2D eigenvalue weighted by Gasteiger charge is -2.30. The Morgan fingerprint density at radius 1 is 1.47 bits per heavy atom. The molecule has 2 aliphatic heterocycles. The number of anilines is 1. The molecule has 1 aromatic heterocycles. The number of ether oxygens (including phenoxy) is 1. The van der Waals surface area contributed by atoms with E-state index in [-0.39, 0.29) is 5.41 Å². The van der Waals surface area contributed by atoms with Crippen molar-refractivity contribution in [2.45, 2.75) is 0 Å². The van der Waals surface area contributed by atoms with Gasteiger partial charge in [0.2, 0.25) is 5.95 Å². The number of hydrogen-bond acceptors (Lipinski definition) is 5. The van der Waals surface area contributed by atoms with Gasteiger partial charge < -0.3 is 14.5 Å². The fourth-order valence-electron chi connectivity index (χ4n) is 3.31. The molecule has 0 aliphatic carbocycles. The SMILES string of the molecule is CN(C)C[C@]12COC[C@H]1CN(c1ncc(F)cn1)C2. The summed E-state index contributed by atoms with van der Waals surface area (Å²) < 4.78 is 18.5. The number of rotatable bonds is 3. The highest BCUT2D eigenvalue weighted by Gasteiger charge is 2.51. The van der Waals surface area contributed by atoms with Crippen molar-refractivity contribution in [1.29, 1.82) is 0 Å². The van der Waals surface area contributed by atoms with E-state index in [1.807, 2.05) is 0 Å².